The van der Waals surface area contributed by atoms with Crippen LogP contribution < -0.4 is 4.72 Å². The van der Waals surface area contributed by atoms with E-state index in [1.165, 1.54) is 37.3 Å². The number of benzene rings is 2. The first kappa shape index (κ1) is 16.3. The van der Waals surface area contributed by atoms with Crippen LogP contribution in [0.4, 0.5) is 8.78 Å². The van der Waals surface area contributed by atoms with E-state index >= 15 is 0 Å². The van der Waals surface area contributed by atoms with Crippen molar-refractivity contribution in [2.24, 2.45) is 0 Å². The summed E-state index contributed by atoms with van der Waals surface area (Å²) >= 11 is 0. The molecule has 4 nitrogen and oxygen atoms in total. The predicted molar refractivity (Wildman–Crippen MR) is 76.8 cm³/mol. The summed E-state index contributed by atoms with van der Waals surface area (Å²) in [6.07, 6.45) is 0. The van der Waals surface area contributed by atoms with Crippen LogP contribution in [-0.4, -0.2) is 14.2 Å². The van der Waals surface area contributed by atoms with Crippen LogP contribution in [0.3, 0.4) is 0 Å². The molecule has 0 saturated heterocycles. The second-order valence-electron chi connectivity index (χ2n) is 4.65. The molecule has 116 valence electrons. The summed E-state index contributed by atoms with van der Waals surface area (Å²) in [4.78, 5) is 11.1. The molecule has 0 radical (unpaired) electrons. The lowest BCUT2D eigenvalue weighted by Gasteiger charge is -2.07. The Labute approximate surface area is 126 Å². The number of carbonyl (C=O) groups is 1. The average Bonchev–Trinajstić information content (AvgIpc) is 2.48. The molecule has 0 saturated carbocycles. The second-order valence-corrected chi connectivity index (χ2v) is 6.42. The van der Waals surface area contributed by atoms with Crippen LogP contribution in [0.2, 0.25) is 0 Å². The number of carbonyl (C=O) groups excluding carboxylic acids is 1. The van der Waals surface area contributed by atoms with Crippen molar-refractivity contribution in [2.45, 2.75) is 18.4 Å². The van der Waals surface area contributed by atoms with Crippen molar-refractivity contribution < 1.29 is 22.0 Å². The van der Waals surface area contributed by atoms with E-state index in [2.05, 4.69) is 4.72 Å². The Kier molecular flexibility index (Phi) is 4.68. The molecule has 7 heteroatoms. The molecule has 2 aromatic carbocycles. The van der Waals surface area contributed by atoms with E-state index < -0.39 is 21.7 Å². The average molecular weight is 325 g/mol. The van der Waals surface area contributed by atoms with E-state index in [1.807, 2.05) is 0 Å². The van der Waals surface area contributed by atoms with Gasteiger partial charge >= 0.3 is 0 Å². The van der Waals surface area contributed by atoms with Gasteiger partial charge in [-0.2, -0.15) is 0 Å². The number of sulfonamides is 1. The largest absolute Gasteiger partial charge is 0.295 e. The summed E-state index contributed by atoms with van der Waals surface area (Å²) in [5.41, 5.74) is 0.697. The van der Waals surface area contributed by atoms with Gasteiger partial charge in [-0.1, -0.05) is 18.2 Å². The Morgan fingerprint density at radius 3 is 2.23 bits per heavy atom. The molecule has 0 bridgehead atoms. The molecule has 0 amide bonds. The van der Waals surface area contributed by atoms with Gasteiger partial charge in [0.1, 0.15) is 0 Å². The molecule has 0 aliphatic rings. The number of Topliss-reactive ketones (excluding diaryl/α,β-unsaturated/α-hetero) is 1. The molecule has 0 heterocycles. The first-order chi connectivity index (χ1) is 10.3. The van der Waals surface area contributed by atoms with Crippen LogP contribution in [0.1, 0.15) is 22.8 Å². The lowest BCUT2D eigenvalue weighted by molar-refractivity contribution is 0.101. The quantitative estimate of drug-likeness (QED) is 0.860. The normalized spacial score (nSPS) is 11.4. The number of rotatable bonds is 5. The lowest BCUT2D eigenvalue weighted by atomic mass is 10.2. The first-order valence-electron chi connectivity index (χ1n) is 6.34. The highest BCUT2D eigenvalue weighted by molar-refractivity contribution is 7.89. The van der Waals surface area contributed by atoms with Gasteiger partial charge in [0.05, 0.1) is 4.90 Å². The molecule has 0 aliphatic heterocycles. The van der Waals surface area contributed by atoms with Crippen molar-refractivity contribution in [3.63, 3.8) is 0 Å². The van der Waals surface area contributed by atoms with Crippen LogP contribution in [0, 0.1) is 11.6 Å². The molecule has 0 fully saturated rings. The lowest BCUT2D eigenvalue weighted by Crippen LogP contribution is -2.23. The zero-order valence-electron chi connectivity index (χ0n) is 11.6. The van der Waals surface area contributed by atoms with Gasteiger partial charge in [0.15, 0.2) is 17.4 Å². The van der Waals surface area contributed by atoms with Gasteiger partial charge in [-0.15, -0.1) is 0 Å². The maximum atomic E-state index is 13.1. The molecule has 0 aliphatic carbocycles. The Hall–Kier alpha value is -2.12. The highest BCUT2D eigenvalue weighted by Gasteiger charge is 2.14. The predicted octanol–water partition coefficient (Wildman–Crippen LogP) is 2.65. The van der Waals surface area contributed by atoms with E-state index in [4.69, 9.17) is 0 Å². The second kappa shape index (κ2) is 6.33. The standard InChI is InChI=1S/C15H13F2NO3S/c1-10(19)12-3-5-13(6-4-12)22(20,21)18-9-11-2-7-14(16)15(17)8-11/h2-8,18H,9H2,1H3. The third-order valence-electron chi connectivity index (χ3n) is 3.02. The van der Waals surface area contributed by atoms with E-state index in [9.17, 15) is 22.0 Å². The maximum absolute atomic E-state index is 13.1. The summed E-state index contributed by atoms with van der Waals surface area (Å²) in [7, 11) is -3.80. The molecule has 2 aromatic rings. The summed E-state index contributed by atoms with van der Waals surface area (Å²) < 4.78 is 52.3. The molecule has 1 N–H and O–H groups in total. The van der Waals surface area contributed by atoms with Crippen molar-refractivity contribution >= 4 is 15.8 Å². The molecule has 0 atom stereocenters. The fourth-order valence-corrected chi connectivity index (χ4v) is 2.80. The van der Waals surface area contributed by atoms with Crippen molar-refractivity contribution in [1.82, 2.24) is 4.72 Å². The van der Waals surface area contributed by atoms with Crippen molar-refractivity contribution in [2.75, 3.05) is 0 Å². The molecular formula is C15H13F2NO3S. The Morgan fingerprint density at radius 2 is 1.68 bits per heavy atom. The summed E-state index contributed by atoms with van der Waals surface area (Å²) in [5.74, 6) is -2.20. The Bertz CT molecular complexity index is 802. The first-order valence-corrected chi connectivity index (χ1v) is 7.82. The van der Waals surface area contributed by atoms with Gasteiger partial charge in [0, 0.05) is 12.1 Å². The van der Waals surface area contributed by atoms with Gasteiger partial charge in [0.2, 0.25) is 10.0 Å². The zero-order chi connectivity index (χ0) is 16.3. The number of hydrogen-bond donors (Lipinski definition) is 1. The van der Waals surface area contributed by atoms with Crippen LogP contribution in [-0.2, 0) is 16.6 Å². The van der Waals surface area contributed by atoms with Crippen LogP contribution in [0.15, 0.2) is 47.4 Å². The van der Waals surface area contributed by atoms with Gasteiger partial charge in [-0.25, -0.2) is 21.9 Å². The van der Waals surface area contributed by atoms with Crippen molar-refractivity contribution in [1.29, 1.82) is 0 Å². The summed E-state index contributed by atoms with van der Waals surface area (Å²) in [6, 6.07) is 8.59. The van der Waals surface area contributed by atoms with Gasteiger partial charge in [-0.3, -0.25) is 4.79 Å². The number of nitrogens with one attached hydrogen (secondary N) is 1. The number of hydrogen-bond acceptors (Lipinski definition) is 3. The molecular weight excluding hydrogens is 312 g/mol. The third-order valence-corrected chi connectivity index (χ3v) is 4.44. The fraction of sp³-hybridized carbons (Fsp3) is 0.133. The minimum absolute atomic E-state index is 0.0138. The summed E-state index contributed by atoms with van der Waals surface area (Å²) in [6.45, 7) is 1.21. The Morgan fingerprint density at radius 1 is 1.05 bits per heavy atom. The third kappa shape index (κ3) is 3.75. The SMILES string of the molecule is CC(=O)c1ccc(S(=O)(=O)NCc2ccc(F)c(F)c2)cc1. The Balaban J connectivity index is 2.13. The van der Waals surface area contributed by atoms with E-state index in [1.54, 1.807) is 0 Å². The van der Waals surface area contributed by atoms with Gasteiger partial charge in [0.25, 0.3) is 0 Å². The molecule has 22 heavy (non-hydrogen) atoms. The minimum Gasteiger partial charge on any atom is -0.295 e. The van der Waals surface area contributed by atoms with E-state index in [0.29, 0.717) is 11.1 Å². The van der Waals surface area contributed by atoms with Crippen molar-refractivity contribution in [3.8, 4) is 0 Å². The van der Waals surface area contributed by atoms with E-state index in [0.717, 1.165) is 12.1 Å². The van der Waals surface area contributed by atoms with Crippen LogP contribution in [0.25, 0.3) is 0 Å². The van der Waals surface area contributed by atoms with Crippen molar-refractivity contribution in [3.05, 3.63) is 65.2 Å². The molecule has 0 spiro atoms. The highest BCUT2D eigenvalue weighted by Crippen LogP contribution is 2.13. The fourth-order valence-electron chi connectivity index (χ4n) is 1.78. The molecule has 0 unspecified atom stereocenters. The highest BCUT2D eigenvalue weighted by atomic mass is 32.2. The number of ketones is 1. The maximum Gasteiger partial charge on any atom is 0.240 e. The smallest absolute Gasteiger partial charge is 0.240 e. The van der Waals surface area contributed by atoms with Gasteiger partial charge in [-0.05, 0) is 36.8 Å². The summed E-state index contributed by atoms with van der Waals surface area (Å²) in [5, 5.41) is 0. The molecule has 0 aromatic heterocycles. The topological polar surface area (TPSA) is 63.2 Å². The van der Waals surface area contributed by atoms with Gasteiger partial charge < -0.3 is 0 Å². The zero-order valence-corrected chi connectivity index (χ0v) is 12.5. The minimum atomic E-state index is -3.80. The van der Waals surface area contributed by atoms with Crippen LogP contribution in [0.5, 0.6) is 0 Å². The van der Waals surface area contributed by atoms with Crippen LogP contribution >= 0.6 is 0 Å². The molecule has 2 rings (SSSR count). The number of halogens is 2. The monoisotopic (exact) mass is 325 g/mol. The van der Waals surface area contributed by atoms with E-state index in [-0.39, 0.29) is 17.2 Å².